The van der Waals surface area contributed by atoms with Crippen LogP contribution in [0.5, 0.6) is 0 Å². The van der Waals surface area contributed by atoms with Crippen LogP contribution in [0.3, 0.4) is 0 Å². The van der Waals surface area contributed by atoms with Crippen molar-refractivity contribution in [3.05, 3.63) is 21.9 Å². The highest BCUT2D eigenvalue weighted by Crippen LogP contribution is 2.37. The zero-order valence-electron chi connectivity index (χ0n) is 14.8. The Morgan fingerprint density at radius 2 is 2.12 bits per heavy atom. The smallest absolute Gasteiger partial charge is 0.0847 e. The summed E-state index contributed by atoms with van der Waals surface area (Å²) in [5.41, 5.74) is 0.0601. The van der Waals surface area contributed by atoms with Gasteiger partial charge in [-0.1, -0.05) is 0 Å². The molecule has 4 rings (SSSR count). The Bertz CT molecular complexity index is 543. The molecule has 4 nitrogen and oxygen atoms in total. The molecule has 1 spiro atoms. The van der Waals surface area contributed by atoms with Gasteiger partial charge in [-0.25, -0.2) is 0 Å². The number of rotatable bonds is 6. The average molecular weight is 351 g/mol. The number of hydrogen-bond acceptors (Lipinski definition) is 5. The molecule has 0 amide bonds. The number of thiophene rings is 1. The minimum absolute atomic E-state index is 0.0601. The minimum atomic E-state index is 0.0601. The highest BCUT2D eigenvalue weighted by molar-refractivity contribution is 7.11. The highest BCUT2D eigenvalue weighted by atomic mass is 32.1. The lowest BCUT2D eigenvalue weighted by Gasteiger charge is -2.23. The van der Waals surface area contributed by atoms with Crippen LogP contribution < -0.4 is 0 Å². The van der Waals surface area contributed by atoms with Gasteiger partial charge < -0.3 is 14.4 Å². The van der Waals surface area contributed by atoms with Crippen molar-refractivity contribution < 1.29 is 9.47 Å². The van der Waals surface area contributed by atoms with Crippen molar-refractivity contribution in [1.82, 2.24) is 9.80 Å². The van der Waals surface area contributed by atoms with E-state index in [1.54, 1.807) is 0 Å². The molecule has 134 valence electrons. The first-order valence-corrected chi connectivity index (χ1v) is 10.3. The zero-order chi connectivity index (χ0) is 16.4. The lowest BCUT2D eigenvalue weighted by Crippen LogP contribution is -2.33. The van der Waals surface area contributed by atoms with Gasteiger partial charge in [0.05, 0.1) is 24.9 Å². The molecule has 2 atom stereocenters. The summed E-state index contributed by atoms with van der Waals surface area (Å²) in [5, 5.41) is 0. The first kappa shape index (κ1) is 17.0. The Morgan fingerprint density at radius 1 is 1.25 bits per heavy atom. The molecule has 3 aliphatic heterocycles. The van der Waals surface area contributed by atoms with Gasteiger partial charge in [0.1, 0.15) is 0 Å². The van der Waals surface area contributed by atoms with E-state index in [9.17, 15) is 0 Å². The van der Waals surface area contributed by atoms with Gasteiger partial charge in [0, 0.05) is 42.4 Å². The second-order valence-corrected chi connectivity index (χ2v) is 9.09. The molecule has 4 heterocycles. The molecule has 0 aliphatic carbocycles. The predicted molar refractivity (Wildman–Crippen MR) is 97.7 cm³/mol. The van der Waals surface area contributed by atoms with Gasteiger partial charge in [-0.05, 0) is 51.4 Å². The van der Waals surface area contributed by atoms with Gasteiger partial charge in [-0.15, -0.1) is 11.3 Å². The third-order valence-corrected chi connectivity index (χ3v) is 6.69. The quantitative estimate of drug-likeness (QED) is 0.788. The lowest BCUT2D eigenvalue weighted by atomic mass is 9.98. The first-order chi connectivity index (χ1) is 11.7. The SMILES string of the molecule is Cc1ccc(CN2CC[C@]3(C[C@@H](OCCN4CCCC4)CO3)C2)s1. The number of likely N-dealkylation sites (tertiary alicyclic amines) is 2. The Morgan fingerprint density at radius 3 is 2.92 bits per heavy atom. The summed E-state index contributed by atoms with van der Waals surface area (Å²) in [6.45, 7) is 10.7. The van der Waals surface area contributed by atoms with Crippen molar-refractivity contribution in [1.29, 1.82) is 0 Å². The van der Waals surface area contributed by atoms with E-state index >= 15 is 0 Å². The molecule has 0 radical (unpaired) electrons. The molecule has 3 aliphatic rings. The predicted octanol–water partition coefficient (Wildman–Crippen LogP) is 2.90. The van der Waals surface area contributed by atoms with Crippen molar-refractivity contribution in [2.75, 3.05) is 45.9 Å². The van der Waals surface area contributed by atoms with Gasteiger partial charge in [0.15, 0.2) is 0 Å². The van der Waals surface area contributed by atoms with Gasteiger partial charge in [-0.2, -0.15) is 0 Å². The summed E-state index contributed by atoms with van der Waals surface area (Å²) in [6.07, 6.45) is 5.25. The highest BCUT2D eigenvalue weighted by Gasteiger charge is 2.45. The van der Waals surface area contributed by atoms with Crippen LogP contribution in [0.1, 0.15) is 35.4 Å². The molecule has 0 bridgehead atoms. The fraction of sp³-hybridized carbons (Fsp3) is 0.789. The molecule has 0 unspecified atom stereocenters. The van der Waals surface area contributed by atoms with Gasteiger partial charge >= 0.3 is 0 Å². The second kappa shape index (κ2) is 7.42. The van der Waals surface area contributed by atoms with E-state index in [4.69, 9.17) is 9.47 Å². The van der Waals surface area contributed by atoms with Crippen LogP contribution in [0.25, 0.3) is 0 Å². The fourth-order valence-electron chi connectivity index (χ4n) is 4.40. The van der Waals surface area contributed by atoms with Crippen molar-refractivity contribution in [2.45, 2.75) is 50.9 Å². The molecular formula is C19H30N2O2S. The topological polar surface area (TPSA) is 24.9 Å². The molecule has 3 fully saturated rings. The van der Waals surface area contributed by atoms with Gasteiger partial charge in [-0.3, -0.25) is 4.90 Å². The van der Waals surface area contributed by atoms with Crippen LogP contribution in [0.15, 0.2) is 12.1 Å². The molecule has 0 N–H and O–H groups in total. The van der Waals surface area contributed by atoms with Crippen LogP contribution >= 0.6 is 11.3 Å². The van der Waals surface area contributed by atoms with E-state index in [0.717, 1.165) is 52.2 Å². The summed E-state index contributed by atoms with van der Waals surface area (Å²) in [4.78, 5) is 7.95. The fourth-order valence-corrected chi connectivity index (χ4v) is 5.33. The third-order valence-electron chi connectivity index (χ3n) is 5.71. The molecular weight excluding hydrogens is 320 g/mol. The van der Waals surface area contributed by atoms with Gasteiger partial charge in [0.25, 0.3) is 0 Å². The lowest BCUT2D eigenvalue weighted by molar-refractivity contribution is 0.000338. The maximum Gasteiger partial charge on any atom is 0.0847 e. The van der Waals surface area contributed by atoms with Crippen LogP contribution in [0.2, 0.25) is 0 Å². The normalized spacial score (nSPS) is 31.6. The molecule has 0 aromatic carbocycles. The second-order valence-electron chi connectivity index (χ2n) is 7.71. The number of hydrogen-bond donors (Lipinski definition) is 0. The summed E-state index contributed by atoms with van der Waals surface area (Å²) in [6, 6.07) is 4.49. The van der Waals surface area contributed by atoms with E-state index in [1.165, 1.54) is 35.7 Å². The summed E-state index contributed by atoms with van der Waals surface area (Å²) >= 11 is 1.92. The Hall–Kier alpha value is -0.460. The molecule has 1 aromatic rings. The van der Waals surface area contributed by atoms with Crippen LogP contribution in [0.4, 0.5) is 0 Å². The summed E-state index contributed by atoms with van der Waals surface area (Å²) in [7, 11) is 0. The van der Waals surface area contributed by atoms with E-state index < -0.39 is 0 Å². The Labute approximate surface area is 149 Å². The van der Waals surface area contributed by atoms with Crippen LogP contribution in [0, 0.1) is 6.92 Å². The van der Waals surface area contributed by atoms with Crippen molar-refractivity contribution >= 4 is 11.3 Å². The van der Waals surface area contributed by atoms with Crippen molar-refractivity contribution in [3.8, 4) is 0 Å². The summed E-state index contributed by atoms with van der Waals surface area (Å²) in [5.74, 6) is 0. The molecule has 5 heteroatoms. The van der Waals surface area contributed by atoms with Crippen LogP contribution in [-0.4, -0.2) is 67.4 Å². The van der Waals surface area contributed by atoms with Gasteiger partial charge in [0.2, 0.25) is 0 Å². The van der Waals surface area contributed by atoms with E-state index in [2.05, 4.69) is 28.9 Å². The number of ether oxygens (including phenoxy) is 2. The van der Waals surface area contributed by atoms with Crippen molar-refractivity contribution in [2.24, 2.45) is 0 Å². The van der Waals surface area contributed by atoms with E-state index in [-0.39, 0.29) is 5.60 Å². The maximum absolute atomic E-state index is 6.23. The Kier molecular flexibility index (Phi) is 5.25. The molecule has 24 heavy (non-hydrogen) atoms. The average Bonchev–Trinajstić information content (AvgIpc) is 3.32. The van der Waals surface area contributed by atoms with E-state index in [0.29, 0.717) is 6.10 Å². The molecule has 0 saturated carbocycles. The number of aryl methyl sites for hydroxylation is 1. The third kappa shape index (κ3) is 4.02. The summed E-state index contributed by atoms with van der Waals surface area (Å²) < 4.78 is 12.4. The molecule has 3 saturated heterocycles. The number of nitrogens with zero attached hydrogens (tertiary/aromatic N) is 2. The minimum Gasteiger partial charge on any atom is -0.374 e. The maximum atomic E-state index is 6.23. The largest absolute Gasteiger partial charge is 0.374 e. The Balaban J connectivity index is 1.21. The standard InChI is InChI=1S/C19H30N2O2S/c1-16-4-5-18(24-16)13-21-9-6-19(15-21)12-17(14-23-19)22-11-10-20-7-2-3-8-20/h4-5,17H,2-3,6-15H2,1H3/t17-,19+/m1/s1. The zero-order valence-corrected chi connectivity index (χ0v) is 15.7. The van der Waals surface area contributed by atoms with E-state index in [1.807, 2.05) is 11.3 Å². The van der Waals surface area contributed by atoms with Crippen molar-refractivity contribution in [3.63, 3.8) is 0 Å². The van der Waals surface area contributed by atoms with Crippen LogP contribution in [-0.2, 0) is 16.0 Å². The molecule has 1 aromatic heterocycles. The first-order valence-electron chi connectivity index (χ1n) is 9.46. The monoisotopic (exact) mass is 350 g/mol.